The van der Waals surface area contributed by atoms with E-state index in [1.807, 2.05) is 32.3 Å². The predicted octanol–water partition coefficient (Wildman–Crippen LogP) is 3.13. The number of rotatable bonds is 4. The monoisotopic (exact) mass is 325 g/mol. The Kier molecular flexibility index (Phi) is 3.69. The van der Waals surface area contributed by atoms with Crippen molar-refractivity contribution in [2.45, 2.75) is 19.9 Å². The molecule has 2 aromatic heterocycles. The molecule has 1 N–H and O–H groups in total. The van der Waals surface area contributed by atoms with Crippen LogP contribution in [0.4, 0.5) is 4.39 Å². The fraction of sp³-hybridized carbons (Fsp3) is 0.333. The molecule has 0 radical (unpaired) electrons. The molecule has 3 heterocycles. The highest BCUT2D eigenvalue weighted by atomic mass is 19.1. The molecule has 24 heavy (non-hydrogen) atoms. The topological polar surface area (TPSA) is 49.7 Å². The predicted molar refractivity (Wildman–Crippen MR) is 90.8 cm³/mol. The van der Waals surface area contributed by atoms with Crippen molar-refractivity contribution in [3.8, 4) is 22.5 Å². The standard InChI is InChI=1S/C18H20FN5/c1-12-14(4-5-16(19)15(12)11-24-6-3-7-24)18-8-17(21-22-18)13-9-20-23(2)10-13/h4-5,8-10H,3,6-7,11H2,1-2H3,(H,21,22). The zero-order valence-corrected chi connectivity index (χ0v) is 13.9. The molecule has 0 bridgehead atoms. The van der Waals surface area contributed by atoms with Crippen molar-refractivity contribution in [3.63, 3.8) is 0 Å². The fourth-order valence-electron chi connectivity index (χ4n) is 3.13. The Morgan fingerprint density at radius 1 is 1.29 bits per heavy atom. The highest BCUT2D eigenvalue weighted by molar-refractivity contribution is 5.70. The number of aromatic nitrogens is 4. The molecule has 0 aliphatic carbocycles. The first-order chi connectivity index (χ1) is 11.6. The van der Waals surface area contributed by atoms with Gasteiger partial charge >= 0.3 is 0 Å². The Morgan fingerprint density at radius 3 is 2.79 bits per heavy atom. The second-order valence-corrected chi connectivity index (χ2v) is 6.40. The van der Waals surface area contributed by atoms with E-state index >= 15 is 0 Å². The molecule has 0 unspecified atom stereocenters. The molecule has 124 valence electrons. The van der Waals surface area contributed by atoms with Gasteiger partial charge in [0.05, 0.1) is 17.6 Å². The number of hydrogen-bond acceptors (Lipinski definition) is 3. The van der Waals surface area contributed by atoms with Gasteiger partial charge in [0, 0.05) is 36.5 Å². The number of nitrogens with zero attached hydrogens (tertiary/aromatic N) is 4. The second-order valence-electron chi connectivity index (χ2n) is 6.40. The zero-order valence-electron chi connectivity index (χ0n) is 13.9. The molecule has 3 aromatic rings. The fourth-order valence-corrected chi connectivity index (χ4v) is 3.13. The van der Waals surface area contributed by atoms with Crippen LogP contribution in [0, 0.1) is 12.7 Å². The van der Waals surface area contributed by atoms with E-state index in [9.17, 15) is 4.39 Å². The third kappa shape index (κ3) is 2.63. The summed E-state index contributed by atoms with van der Waals surface area (Å²) in [6.07, 6.45) is 4.91. The second kappa shape index (κ2) is 5.87. The van der Waals surface area contributed by atoms with Crippen LogP contribution in [0.1, 0.15) is 17.5 Å². The van der Waals surface area contributed by atoms with Crippen molar-refractivity contribution in [1.29, 1.82) is 0 Å². The highest BCUT2D eigenvalue weighted by Crippen LogP contribution is 2.30. The Balaban J connectivity index is 1.69. The average molecular weight is 325 g/mol. The molecule has 1 aliphatic rings. The van der Waals surface area contributed by atoms with Crippen molar-refractivity contribution < 1.29 is 4.39 Å². The minimum absolute atomic E-state index is 0.129. The van der Waals surface area contributed by atoms with Gasteiger partial charge in [-0.15, -0.1) is 0 Å². The molecule has 1 fully saturated rings. The first-order valence-electron chi connectivity index (χ1n) is 8.17. The number of H-pyrrole nitrogens is 1. The normalized spacial score (nSPS) is 14.8. The van der Waals surface area contributed by atoms with Gasteiger partial charge in [0.2, 0.25) is 0 Å². The Hall–Kier alpha value is -2.47. The van der Waals surface area contributed by atoms with Crippen molar-refractivity contribution in [2.75, 3.05) is 13.1 Å². The summed E-state index contributed by atoms with van der Waals surface area (Å²) in [5.74, 6) is -0.129. The molecule has 4 rings (SSSR count). The van der Waals surface area contributed by atoms with Crippen LogP contribution in [0.5, 0.6) is 0 Å². The van der Waals surface area contributed by atoms with Crippen molar-refractivity contribution in [3.05, 3.63) is 47.5 Å². The molecule has 6 heteroatoms. The van der Waals surface area contributed by atoms with Gasteiger partial charge in [-0.25, -0.2) is 4.39 Å². The molecular formula is C18H20FN5. The maximum Gasteiger partial charge on any atom is 0.128 e. The number of benzene rings is 1. The van der Waals surface area contributed by atoms with Gasteiger partial charge in [-0.05, 0) is 50.2 Å². The smallest absolute Gasteiger partial charge is 0.128 e. The summed E-state index contributed by atoms with van der Waals surface area (Å²) in [6, 6.07) is 5.37. The summed E-state index contributed by atoms with van der Waals surface area (Å²) in [6.45, 7) is 4.77. The summed E-state index contributed by atoms with van der Waals surface area (Å²) < 4.78 is 16.0. The number of likely N-dealkylation sites (tertiary alicyclic amines) is 1. The van der Waals surface area contributed by atoms with Crippen LogP contribution >= 0.6 is 0 Å². The maximum absolute atomic E-state index is 14.3. The van der Waals surface area contributed by atoms with E-state index in [0.717, 1.165) is 46.7 Å². The summed E-state index contributed by atoms with van der Waals surface area (Å²) in [7, 11) is 1.88. The lowest BCUT2D eigenvalue weighted by Crippen LogP contribution is -2.36. The van der Waals surface area contributed by atoms with E-state index in [2.05, 4.69) is 20.2 Å². The van der Waals surface area contributed by atoms with Crippen LogP contribution in [-0.4, -0.2) is 38.0 Å². The minimum atomic E-state index is -0.129. The summed E-state index contributed by atoms with van der Waals surface area (Å²) in [5.41, 5.74) is 5.45. The van der Waals surface area contributed by atoms with E-state index in [0.29, 0.717) is 6.54 Å². The molecule has 5 nitrogen and oxygen atoms in total. The molecule has 1 saturated heterocycles. The van der Waals surface area contributed by atoms with E-state index in [1.165, 1.54) is 6.42 Å². The average Bonchev–Trinajstić information content (AvgIpc) is 3.14. The molecule has 0 atom stereocenters. The van der Waals surface area contributed by atoms with Gasteiger partial charge in [-0.1, -0.05) is 0 Å². The molecule has 1 aromatic carbocycles. The maximum atomic E-state index is 14.3. The van der Waals surface area contributed by atoms with E-state index in [1.54, 1.807) is 16.9 Å². The van der Waals surface area contributed by atoms with Crippen LogP contribution in [0.2, 0.25) is 0 Å². The van der Waals surface area contributed by atoms with Crippen LogP contribution in [-0.2, 0) is 13.6 Å². The number of aromatic amines is 1. The van der Waals surface area contributed by atoms with E-state index in [4.69, 9.17) is 0 Å². The van der Waals surface area contributed by atoms with Gasteiger partial charge in [0.1, 0.15) is 5.82 Å². The van der Waals surface area contributed by atoms with E-state index in [-0.39, 0.29) is 5.82 Å². The third-order valence-corrected chi connectivity index (χ3v) is 4.74. The van der Waals surface area contributed by atoms with Gasteiger partial charge in [-0.2, -0.15) is 10.2 Å². The Bertz CT molecular complexity index is 875. The SMILES string of the molecule is Cc1c(-c2cc(-c3cnn(C)c3)n[nH]2)ccc(F)c1CN1CCC1. The van der Waals surface area contributed by atoms with Crippen molar-refractivity contribution in [2.24, 2.45) is 7.05 Å². The first kappa shape index (κ1) is 15.1. The van der Waals surface area contributed by atoms with Crippen LogP contribution < -0.4 is 0 Å². The van der Waals surface area contributed by atoms with Crippen LogP contribution in [0.3, 0.4) is 0 Å². The summed E-state index contributed by atoms with van der Waals surface area (Å²) >= 11 is 0. The largest absolute Gasteiger partial charge is 0.299 e. The lowest BCUT2D eigenvalue weighted by atomic mass is 9.98. The van der Waals surface area contributed by atoms with Crippen molar-refractivity contribution >= 4 is 0 Å². The highest BCUT2D eigenvalue weighted by Gasteiger charge is 2.19. The Labute approximate surface area is 140 Å². The number of hydrogen-bond donors (Lipinski definition) is 1. The van der Waals surface area contributed by atoms with Gasteiger partial charge in [0.25, 0.3) is 0 Å². The number of nitrogens with one attached hydrogen (secondary N) is 1. The Morgan fingerprint density at radius 2 is 2.12 bits per heavy atom. The number of halogens is 1. The molecule has 0 saturated carbocycles. The van der Waals surface area contributed by atoms with Crippen molar-refractivity contribution in [1.82, 2.24) is 24.9 Å². The van der Waals surface area contributed by atoms with Crippen LogP contribution in [0.25, 0.3) is 22.5 Å². The van der Waals surface area contributed by atoms with Gasteiger partial charge in [-0.3, -0.25) is 14.7 Å². The molecule has 0 amide bonds. The van der Waals surface area contributed by atoms with Crippen LogP contribution in [0.15, 0.2) is 30.6 Å². The quantitative estimate of drug-likeness (QED) is 0.802. The molecule has 1 aliphatic heterocycles. The minimum Gasteiger partial charge on any atom is -0.299 e. The van der Waals surface area contributed by atoms with Gasteiger partial charge in [0.15, 0.2) is 0 Å². The van der Waals surface area contributed by atoms with Gasteiger partial charge < -0.3 is 0 Å². The zero-order chi connectivity index (χ0) is 16.7. The third-order valence-electron chi connectivity index (χ3n) is 4.74. The number of aryl methyl sites for hydroxylation is 1. The lowest BCUT2D eigenvalue weighted by Gasteiger charge is -2.31. The summed E-state index contributed by atoms with van der Waals surface area (Å²) in [4.78, 5) is 2.27. The first-order valence-corrected chi connectivity index (χ1v) is 8.17. The molecular weight excluding hydrogens is 305 g/mol. The van der Waals surface area contributed by atoms with E-state index < -0.39 is 0 Å². The molecule has 0 spiro atoms. The lowest BCUT2D eigenvalue weighted by molar-refractivity contribution is 0.170. The summed E-state index contributed by atoms with van der Waals surface area (Å²) in [5, 5.41) is 11.6.